The fraction of sp³-hybridized carbons (Fsp3) is 0.278. The van der Waals surface area contributed by atoms with Crippen molar-refractivity contribution in [3.63, 3.8) is 0 Å². The molecule has 0 heterocycles. The molecule has 1 atom stereocenters. The van der Waals surface area contributed by atoms with E-state index in [4.69, 9.17) is 4.74 Å². The molecule has 0 aliphatic heterocycles. The molecule has 0 aliphatic rings. The first-order valence-electron chi connectivity index (χ1n) is 6.94. The third kappa shape index (κ3) is 3.63. The quantitative estimate of drug-likeness (QED) is 0.910. The van der Waals surface area contributed by atoms with Crippen LogP contribution in [0.1, 0.15) is 28.2 Å². The van der Waals surface area contributed by atoms with Crippen LogP contribution in [-0.2, 0) is 11.2 Å². The van der Waals surface area contributed by atoms with Crippen molar-refractivity contribution in [3.8, 4) is 5.75 Å². The number of carbonyl (C=O) groups is 1. The number of rotatable bonds is 5. The van der Waals surface area contributed by atoms with E-state index in [0.29, 0.717) is 6.42 Å². The topological polar surface area (TPSA) is 46.5 Å². The van der Waals surface area contributed by atoms with Crippen LogP contribution in [0, 0.1) is 13.8 Å². The largest absolute Gasteiger partial charge is 0.497 e. The molecule has 0 radical (unpaired) electrons. The lowest BCUT2D eigenvalue weighted by molar-refractivity contribution is -0.138. The van der Waals surface area contributed by atoms with Gasteiger partial charge in [0.25, 0.3) is 0 Å². The van der Waals surface area contributed by atoms with Crippen molar-refractivity contribution in [2.75, 3.05) is 7.11 Å². The van der Waals surface area contributed by atoms with Gasteiger partial charge in [-0.2, -0.15) is 0 Å². The Hall–Kier alpha value is -2.29. The van der Waals surface area contributed by atoms with Gasteiger partial charge in [0.1, 0.15) is 5.75 Å². The van der Waals surface area contributed by atoms with Crippen molar-refractivity contribution in [1.82, 2.24) is 0 Å². The Labute approximate surface area is 125 Å². The minimum absolute atomic E-state index is 0.455. The Balaban J connectivity index is 2.33. The zero-order valence-electron chi connectivity index (χ0n) is 12.6. The van der Waals surface area contributed by atoms with Crippen LogP contribution in [0.4, 0.5) is 0 Å². The molecule has 0 saturated heterocycles. The fourth-order valence-corrected chi connectivity index (χ4v) is 2.58. The van der Waals surface area contributed by atoms with Crippen molar-refractivity contribution >= 4 is 5.97 Å². The summed E-state index contributed by atoms with van der Waals surface area (Å²) < 4.78 is 5.19. The molecule has 0 spiro atoms. The Kier molecular flexibility index (Phi) is 4.63. The van der Waals surface area contributed by atoms with Crippen LogP contribution in [0.15, 0.2) is 42.5 Å². The number of ether oxygens (including phenoxy) is 1. The van der Waals surface area contributed by atoms with Crippen LogP contribution in [0.2, 0.25) is 0 Å². The molecule has 2 aromatic carbocycles. The zero-order valence-corrected chi connectivity index (χ0v) is 12.6. The van der Waals surface area contributed by atoms with E-state index in [1.165, 1.54) is 0 Å². The van der Waals surface area contributed by atoms with E-state index in [0.717, 1.165) is 28.0 Å². The van der Waals surface area contributed by atoms with Crippen LogP contribution >= 0.6 is 0 Å². The van der Waals surface area contributed by atoms with Gasteiger partial charge in [0.15, 0.2) is 0 Å². The summed E-state index contributed by atoms with van der Waals surface area (Å²) in [5, 5.41) is 9.58. The summed E-state index contributed by atoms with van der Waals surface area (Å²) in [5.74, 6) is -0.597. The lowest BCUT2D eigenvalue weighted by Crippen LogP contribution is -2.15. The molecular weight excluding hydrogens is 264 g/mol. The average molecular weight is 284 g/mol. The minimum atomic E-state index is -0.801. The number of methoxy groups -OCH3 is 1. The second kappa shape index (κ2) is 6.44. The van der Waals surface area contributed by atoms with Gasteiger partial charge in [-0.1, -0.05) is 35.9 Å². The summed E-state index contributed by atoms with van der Waals surface area (Å²) in [6.45, 7) is 3.97. The smallest absolute Gasteiger partial charge is 0.311 e. The highest BCUT2D eigenvalue weighted by Gasteiger charge is 2.22. The van der Waals surface area contributed by atoms with E-state index in [9.17, 15) is 9.90 Å². The highest BCUT2D eigenvalue weighted by atomic mass is 16.5. The molecule has 3 heteroatoms. The molecule has 2 aromatic rings. The summed E-state index contributed by atoms with van der Waals surface area (Å²) in [7, 11) is 1.61. The molecule has 1 N–H and O–H groups in total. The Morgan fingerprint density at radius 2 is 1.95 bits per heavy atom. The first-order chi connectivity index (χ1) is 10.0. The van der Waals surface area contributed by atoms with Crippen molar-refractivity contribution in [2.24, 2.45) is 0 Å². The number of hydrogen-bond acceptors (Lipinski definition) is 2. The summed E-state index contributed by atoms with van der Waals surface area (Å²) in [6.07, 6.45) is 0.455. The number of benzene rings is 2. The fourth-order valence-electron chi connectivity index (χ4n) is 2.58. The van der Waals surface area contributed by atoms with Gasteiger partial charge < -0.3 is 9.84 Å². The summed E-state index contributed by atoms with van der Waals surface area (Å²) in [6, 6.07) is 13.5. The number of aryl methyl sites for hydroxylation is 2. The lowest BCUT2D eigenvalue weighted by Gasteiger charge is -2.16. The molecule has 21 heavy (non-hydrogen) atoms. The zero-order chi connectivity index (χ0) is 15.4. The normalized spacial score (nSPS) is 12.0. The average Bonchev–Trinajstić information content (AvgIpc) is 2.45. The van der Waals surface area contributed by atoms with Crippen molar-refractivity contribution in [2.45, 2.75) is 26.2 Å². The van der Waals surface area contributed by atoms with Gasteiger partial charge >= 0.3 is 5.97 Å². The second-order valence-electron chi connectivity index (χ2n) is 5.31. The van der Waals surface area contributed by atoms with Crippen LogP contribution in [-0.4, -0.2) is 18.2 Å². The van der Waals surface area contributed by atoms with Gasteiger partial charge in [0, 0.05) is 0 Å². The third-order valence-electron chi connectivity index (χ3n) is 3.67. The Morgan fingerprint density at radius 3 is 2.57 bits per heavy atom. The highest BCUT2D eigenvalue weighted by Crippen LogP contribution is 2.26. The summed E-state index contributed by atoms with van der Waals surface area (Å²) in [4.78, 5) is 11.7. The number of hydrogen-bond donors (Lipinski definition) is 1. The van der Waals surface area contributed by atoms with E-state index in [1.54, 1.807) is 7.11 Å². The molecule has 0 fully saturated rings. The maximum Gasteiger partial charge on any atom is 0.311 e. The van der Waals surface area contributed by atoms with E-state index in [-0.39, 0.29) is 0 Å². The minimum Gasteiger partial charge on any atom is -0.497 e. The highest BCUT2D eigenvalue weighted by molar-refractivity contribution is 5.77. The predicted octanol–water partition coefficient (Wildman–Crippen LogP) is 3.72. The van der Waals surface area contributed by atoms with E-state index >= 15 is 0 Å². The SMILES string of the molecule is COc1cccc(CC(C(=O)O)c2ccc(C)cc2C)c1. The molecule has 0 aliphatic carbocycles. The Bertz CT molecular complexity index is 647. The monoisotopic (exact) mass is 284 g/mol. The second-order valence-corrected chi connectivity index (χ2v) is 5.31. The Morgan fingerprint density at radius 1 is 1.19 bits per heavy atom. The predicted molar refractivity (Wildman–Crippen MR) is 83.0 cm³/mol. The summed E-state index contributed by atoms with van der Waals surface area (Å²) in [5.41, 5.74) is 3.99. The van der Waals surface area contributed by atoms with Crippen LogP contribution < -0.4 is 4.74 Å². The van der Waals surface area contributed by atoms with E-state index < -0.39 is 11.9 Å². The number of carboxylic acids is 1. The maximum atomic E-state index is 11.7. The first kappa shape index (κ1) is 15.1. The molecule has 0 saturated carbocycles. The van der Waals surface area contributed by atoms with Gasteiger partial charge in [0.05, 0.1) is 13.0 Å². The molecule has 2 rings (SSSR count). The molecular formula is C18H20O3. The van der Waals surface area contributed by atoms with Gasteiger partial charge in [-0.3, -0.25) is 4.79 Å². The standard InChI is InChI=1S/C18H20O3/c1-12-7-8-16(13(2)9-12)17(18(19)20)11-14-5-4-6-15(10-14)21-3/h4-10,17H,11H2,1-3H3,(H,19,20). The van der Waals surface area contributed by atoms with Gasteiger partial charge in [0.2, 0.25) is 0 Å². The van der Waals surface area contributed by atoms with Crippen molar-refractivity contribution < 1.29 is 14.6 Å². The van der Waals surface area contributed by atoms with Crippen LogP contribution in [0.25, 0.3) is 0 Å². The maximum absolute atomic E-state index is 11.7. The number of aliphatic carboxylic acids is 1. The number of carboxylic acid groups (broad SMARTS) is 1. The molecule has 0 aromatic heterocycles. The van der Waals surface area contributed by atoms with Crippen molar-refractivity contribution in [3.05, 3.63) is 64.7 Å². The molecule has 110 valence electrons. The van der Waals surface area contributed by atoms with E-state index in [1.807, 2.05) is 56.3 Å². The van der Waals surface area contributed by atoms with Gasteiger partial charge in [-0.15, -0.1) is 0 Å². The molecule has 0 amide bonds. The third-order valence-corrected chi connectivity index (χ3v) is 3.67. The summed E-state index contributed by atoms with van der Waals surface area (Å²) >= 11 is 0. The van der Waals surface area contributed by atoms with Gasteiger partial charge in [-0.05, 0) is 49.1 Å². The molecule has 3 nitrogen and oxygen atoms in total. The van der Waals surface area contributed by atoms with Gasteiger partial charge in [-0.25, -0.2) is 0 Å². The van der Waals surface area contributed by atoms with Crippen LogP contribution in [0.3, 0.4) is 0 Å². The van der Waals surface area contributed by atoms with Crippen molar-refractivity contribution in [1.29, 1.82) is 0 Å². The van der Waals surface area contributed by atoms with Crippen LogP contribution in [0.5, 0.6) is 5.75 Å². The lowest BCUT2D eigenvalue weighted by atomic mass is 9.88. The first-order valence-corrected chi connectivity index (χ1v) is 6.94. The molecule has 0 bridgehead atoms. The van der Waals surface area contributed by atoms with E-state index in [2.05, 4.69) is 0 Å². The molecule has 1 unspecified atom stereocenters.